The van der Waals surface area contributed by atoms with E-state index in [9.17, 15) is 19.0 Å². The van der Waals surface area contributed by atoms with E-state index in [1.165, 1.54) is 199 Å². The first kappa shape index (κ1) is 60.0. The fraction of sp³-hybridized carbons (Fsp3) is 0.961. The molecule has 0 amide bonds. The minimum atomic E-state index is -4.37. The molecule has 0 aromatic heterocycles. The van der Waals surface area contributed by atoms with E-state index >= 15 is 0 Å². The van der Waals surface area contributed by atoms with E-state index in [4.69, 9.17) is 18.5 Å². The summed E-state index contributed by atoms with van der Waals surface area (Å²) in [4.78, 5) is 35.4. The molecule has 0 aliphatic rings. The molecule has 0 aliphatic heterocycles. The Hall–Kier alpha value is -0.990. The SMILES string of the molecule is CCCCCCCCCCCCCCCCCCCCCCCCCCCCCC(=O)OC(COC(=O)CCCCCCCCCCCC)COP(=O)(O)OCC[N+](C)(C)C. The third-order valence-electron chi connectivity index (χ3n) is 11.9. The molecule has 2 atom stereocenters. The maximum atomic E-state index is 12.7. The number of hydrogen-bond acceptors (Lipinski definition) is 7. The minimum absolute atomic E-state index is 0.0369. The van der Waals surface area contributed by atoms with Crippen molar-refractivity contribution < 1.29 is 42.1 Å². The number of phosphoric acid groups is 1. The Morgan fingerprint density at radius 3 is 1.05 bits per heavy atom. The van der Waals surface area contributed by atoms with Crippen LogP contribution in [0.2, 0.25) is 0 Å². The Bertz CT molecular complexity index is 1010. The number of nitrogens with zero attached hydrogens (tertiary/aromatic N) is 1. The molecule has 0 bridgehead atoms. The third kappa shape index (κ3) is 48.3. The van der Waals surface area contributed by atoms with Crippen LogP contribution >= 0.6 is 7.82 Å². The van der Waals surface area contributed by atoms with Crippen molar-refractivity contribution in [1.82, 2.24) is 0 Å². The van der Waals surface area contributed by atoms with Crippen LogP contribution in [0.1, 0.15) is 264 Å². The molecular formula is C51H103NO8P+. The monoisotopic (exact) mass is 889 g/mol. The molecule has 0 aliphatic carbocycles. The lowest BCUT2D eigenvalue weighted by atomic mass is 10.0. The Labute approximate surface area is 378 Å². The minimum Gasteiger partial charge on any atom is -0.462 e. The highest BCUT2D eigenvalue weighted by atomic mass is 31.2. The van der Waals surface area contributed by atoms with Crippen molar-refractivity contribution in [2.75, 3.05) is 47.5 Å². The Morgan fingerprint density at radius 1 is 0.443 bits per heavy atom. The molecule has 0 radical (unpaired) electrons. The van der Waals surface area contributed by atoms with E-state index in [0.717, 1.165) is 38.5 Å². The second kappa shape index (κ2) is 44.2. The number of carbonyl (C=O) groups excluding carboxylic acids is 2. The predicted octanol–water partition coefficient (Wildman–Crippen LogP) is 15.5. The van der Waals surface area contributed by atoms with Crippen molar-refractivity contribution in [3.63, 3.8) is 0 Å². The maximum absolute atomic E-state index is 12.7. The number of hydrogen-bond donors (Lipinski definition) is 1. The smallest absolute Gasteiger partial charge is 0.462 e. The van der Waals surface area contributed by atoms with Gasteiger partial charge < -0.3 is 18.9 Å². The molecular weight excluding hydrogens is 786 g/mol. The summed E-state index contributed by atoms with van der Waals surface area (Å²) >= 11 is 0. The van der Waals surface area contributed by atoms with Gasteiger partial charge in [-0.15, -0.1) is 0 Å². The molecule has 10 heteroatoms. The third-order valence-corrected chi connectivity index (χ3v) is 12.9. The van der Waals surface area contributed by atoms with Crippen LogP contribution in [0.15, 0.2) is 0 Å². The highest BCUT2D eigenvalue weighted by Crippen LogP contribution is 2.43. The van der Waals surface area contributed by atoms with Crippen LogP contribution in [-0.2, 0) is 32.7 Å². The van der Waals surface area contributed by atoms with Crippen LogP contribution in [0, 0.1) is 0 Å². The average Bonchev–Trinajstić information content (AvgIpc) is 3.21. The number of likely N-dealkylation sites (N-methyl/N-ethyl adjacent to an activating group) is 1. The summed E-state index contributed by atoms with van der Waals surface area (Å²) in [6.07, 6.45) is 47.5. The van der Waals surface area contributed by atoms with Crippen molar-refractivity contribution in [3.05, 3.63) is 0 Å². The number of quaternary nitrogens is 1. The van der Waals surface area contributed by atoms with Crippen LogP contribution in [0.3, 0.4) is 0 Å². The number of rotatable bonds is 49. The van der Waals surface area contributed by atoms with Crippen LogP contribution in [0.4, 0.5) is 0 Å². The number of phosphoric ester groups is 1. The zero-order valence-corrected chi connectivity index (χ0v) is 42.1. The summed E-state index contributed by atoms with van der Waals surface area (Å²) in [7, 11) is 1.50. The van der Waals surface area contributed by atoms with Gasteiger partial charge in [0.2, 0.25) is 0 Å². The van der Waals surface area contributed by atoms with Crippen molar-refractivity contribution in [2.45, 2.75) is 270 Å². The largest absolute Gasteiger partial charge is 0.472 e. The predicted molar refractivity (Wildman–Crippen MR) is 257 cm³/mol. The Morgan fingerprint density at radius 2 is 0.738 bits per heavy atom. The van der Waals surface area contributed by atoms with Crippen molar-refractivity contribution in [3.8, 4) is 0 Å². The molecule has 2 unspecified atom stereocenters. The molecule has 1 N–H and O–H groups in total. The average molecular weight is 889 g/mol. The molecule has 61 heavy (non-hydrogen) atoms. The van der Waals surface area contributed by atoms with Crippen molar-refractivity contribution in [1.29, 1.82) is 0 Å². The lowest BCUT2D eigenvalue weighted by molar-refractivity contribution is -0.870. The lowest BCUT2D eigenvalue weighted by Crippen LogP contribution is -2.37. The highest BCUT2D eigenvalue weighted by Gasteiger charge is 2.27. The molecule has 9 nitrogen and oxygen atoms in total. The summed E-state index contributed by atoms with van der Waals surface area (Å²) in [6.45, 7) is 4.46. The molecule has 0 fully saturated rings. The number of ether oxygens (including phenoxy) is 2. The van der Waals surface area contributed by atoms with Gasteiger partial charge in [0.1, 0.15) is 19.8 Å². The maximum Gasteiger partial charge on any atom is 0.472 e. The second-order valence-corrected chi connectivity index (χ2v) is 20.7. The second-order valence-electron chi connectivity index (χ2n) is 19.3. The highest BCUT2D eigenvalue weighted by molar-refractivity contribution is 7.47. The van der Waals surface area contributed by atoms with Crippen LogP contribution in [-0.4, -0.2) is 74.9 Å². The molecule has 0 heterocycles. The van der Waals surface area contributed by atoms with E-state index in [1.54, 1.807) is 0 Å². The summed E-state index contributed by atoms with van der Waals surface area (Å²) in [5, 5.41) is 0. The van der Waals surface area contributed by atoms with Crippen molar-refractivity contribution >= 4 is 19.8 Å². The first-order valence-electron chi connectivity index (χ1n) is 26.3. The number of carbonyl (C=O) groups is 2. The van der Waals surface area contributed by atoms with E-state index < -0.39 is 26.5 Å². The standard InChI is InChI=1S/C51H102NO8P/c1-6-8-10-12-14-16-18-19-20-21-22-23-24-25-26-27-28-29-30-31-32-33-34-36-38-40-42-44-51(54)60-49(48-59-61(55,56)58-46-45-52(3,4)5)47-57-50(53)43-41-39-37-35-17-15-13-11-9-7-2/h49H,6-48H2,1-5H3/p+1. The summed E-state index contributed by atoms with van der Waals surface area (Å²) in [6, 6.07) is 0. The molecule has 0 saturated carbocycles. The summed E-state index contributed by atoms with van der Waals surface area (Å²) in [5.41, 5.74) is 0. The topological polar surface area (TPSA) is 108 Å². The zero-order valence-electron chi connectivity index (χ0n) is 41.2. The van der Waals surface area contributed by atoms with Gasteiger partial charge in [0, 0.05) is 12.8 Å². The summed E-state index contributed by atoms with van der Waals surface area (Å²) in [5.74, 6) is -0.782. The van der Waals surface area contributed by atoms with E-state index in [-0.39, 0.29) is 25.6 Å². The first-order valence-corrected chi connectivity index (χ1v) is 27.8. The molecule has 0 aromatic rings. The molecule has 0 spiro atoms. The molecule has 364 valence electrons. The molecule has 0 aromatic carbocycles. The van der Waals surface area contributed by atoms with Gasteiger partial charge in [-0.3, -0.25) is 18.6 Å². The van der Waals surface area contributed by atoms with Crippen molar-refractivity contribution in [2.24, 2.45) is 0 Å². The van der Waals surface area contributed by atoms with Gasteiger partial charge in [-0.2, -0.15) is 0 Å². The van der Waals surface area contributed by atoms with Gasteiger partial charge in [-0.1, -0.05) is 239 Å². The molecule has 0 saturated heterocycles. The van der Waals surface area contributed by atoms with Gasteiger partial charge in [-0.05, 0) is 12.8 Å². The van der Waals surface area contributed by atoms with E-state index in [2.05, 4.69) is 13.8 Å². The lowest BCUT2D eigenvalue weighted by Gasteiger charge is -2.24. The normalized spacial score (nSPS) is 13.3. The Kier molecular flexibility index (Phi) is 43.5. The quantitative estimate of drug-likeness (QED) is 0.0278. The van der Waals surface area contributed by atoms with Crippen LogP contribution in [0.5, 0.6) is 0 Å². The Balaban J connectivity index is 4.02. The fourth-order valence-corrected chi connectivity index (χ4v) is 8.52. The van der Waals surface area contributed by atoms with Gasteiger partial charge in [-0.25, -0.2) is 4.57 Å². The van der Waals surface area contributed by atoms with Gasteiger partial charge in [0.05, 0.1) is 27.7 Å². The number of esters is 2. The summed E-state index contributed by atoms with van der Waals surface area (Å²) < 4.78 is 34.4. The van der Waals surface area contributed by atoms with Gasteiger partial charge >= 0.3 is 19.8 Å². The van der Waals surface area contributed by atoms with Gasteiger partial charge in [0.25, 0.3) is 0 Å². The molecule has 0 rings (SSSR count). The number of unbranched alkanes of at least 4 members (excludes halogenated alkanes) is 35. The first-order chi connectivity index (χ1) is 29.5. The zero-order chi connectivity index (χ0) is 45.0. The van der Waals surface area contributed by atoms with Crippen LogP contribution < -0.4 is 0 Å². The fourth-order valence-electron chi connectivity index (χ4n) is 7.78. The van der Waals surface area contributed by atoms with E-state index in [1.807, 2.05) is 21.1 Å². The van der Waals surface area contributed by atoms with Crippen LogP contribution in [0.25, 0.3) is 0 Å². The van der Waals surface area contributed by atoms with Gasteiger partial charge in [0.15, 0.2) is 6.10 Å². The van der Waals surface area contributed by atoms with E-state index in [0.29, 0.717) is 17.4 Å².